The third-order valence-corrected chi connectivity index (χ3v) is 7.88. The predicted molar refractivity (Wildman–Crippen MR) is 140 cm³/mol. The third-order valence-electron chi connectivity index (χ3n) is 7.42. The first-order valence-electron chi connectivity index (χ1n) is 12.1. The van der Waals surface area contributed by atoms with E-state index < -0.39 is 16.6 Å². The lowest BCUT2D eigenvalue weighted by Gasteiger charge is -2.34. The van der Waals surface area contributed by atoms with Crippen molar-refractivity contribution in [2.45, 2.75) is 25.3 Å². The maximum absolute atomic E-state index is 13.7. The van der Waals surface area contributed by atoms with Gasteiger partial charge in [0.2, 0.25) is 0 Å². The van der Waals surface area contributed by atoms with E-state index in [1.54, 1.807) is 17.0 Å². The molecule has 2 heterocycles. The molecule has 2 fully saturated rings. The van der Waals surface area contributed by atoms with Crippen LogP contribution in [0.3, 0.4) is 0 Å². The molecule has 0 bridgehead atoms. The smallest absolute Gasteiger partial charge is 0.294 e. The van der Waals surface area contributed by atoms with Crippen molar-refractivity contribution < 1.29 is 18.9 Å². The number of amides is 2. The number of benzene rings is 2. The van der Waals surface area contributed by atoms with Gasteiger partial charge in [-0.05, 0) is 42.3 Å². The van der Waals surface area contributed by atoms with E-state index in [0.29, 0.717) is 33.9 Å². The summed E-state index contributed by atoms with van der Waals surface area (Å²) in [6.45, 7) is 1.03. The van der Waals surface area contributed by atoms with Crippen molar-refractivity contribution in [3.8, 4) is 0 Å². The number of hydrogen-bond acceptors (Lipinski definition) is 6. The lowest BCUT2D eigenvalue weighted by molar-refractivity contribution is -0.384. The summed E-state index contributed by atoms with van der Waals surface area (Å²) in [5.41, 5.74) is 0.607. The highest BCUT2D eigenvalue weighted by Gasteiger charge is 2.43. The molecule has 0 radical (unpaired) electrons. The van der Waals surface area contributed by atoms with Gasteiger partial charge in [0.1, 0.15) is 11.5 Å². The van der Waals surface area contributed by atoms with Crippen molar-refractivity contribution in [2.75, 3.05) is 25.5 Å². The van der Waals surface area contributed by atoms with E-state index in [1.165, 1.54) is 37.6 Å². The van der Waals surface area contributed by atoms with Gasteiger partial charge in [-0.1, -0.05) is 28.4 Å². The number of halogens is 2. The molecule has 3 atom stereocenters. The zero-order valence-electron chi connectivity index (χ0n) is 20.0. The molecule has 2 aromatic carbocycles. The molecule has 2 aliphatic rings. The van der Waals surface area contributed by atoms with Crippen LogP contribution in [0, 0.1) is 27.8 Å². The van der Waals surface area contributed by atoms with Crippen LogP contribution in [0.15, 0.2) is 47.2 Å². The molecule has 1 saturated heterocycles. The topological polar surface area (TPSA) is 117 Å². The van der Waals surface area contributed by atoms with Gasteiger partial charge in [0, 0.05) is 60.4 Å². The second-order valence-corrected chi connectivity index (χ2v) is 10.5. The Kier molecular flexibility index (Phi) is 6.80. The molecule has 1 aromatic heterocycles. The fourth-order valence-corrected chi connectivity index (χ4v) is 6.14. The number of anilines is 1. The van der Waals surface area contributed by atoms with Crippen molar-refractivity contribution in [3.63, 3.8) is 0 Å². The maximum Gasteiger partial charge on any atom is 0.294 e. The number of nitrogens with one attached hydrogen (secondary N) is 2. The molecule has 0 unspecified atom stereocenters. The van der Waals surface area contributed by atoms with Gasteiger partial charge in [0.25, 0.3) is 17.5 Å². The zero-order chi connectivity index (χ0) is 26.3. The lowest BCUT2D eigenvalue weighted by Crippen LogP contribution is -2.38. The summed E-state index contributed by atoms with van der Waals surface area (Å²) in [6.07, 6.45) is 5.65. The molecular formula is C26H25BrFN5O4. The average molecular weight is 570 g/mol. The van der Waals surface area contributed by atoms with Gasteiger partial charge in [-0.2, -0.15) is 0 Å². The molecule has 3 aromatic rings. The van der Waals surface area contributed by atoms with Crippen LogP contribution in [0.2, 0.25) is 0 Å². The largest absolute Gasteiger partial charge is 0.376 e. The Morgan fingerprint density at radius 3 is 2.73 bits per heavy atom. The minimum absolute atomic E-state index is 0.0545. The third kappa shape index (κ3) is 4.75. The van der Waals surface area contributed by atoms with Gasteiger partial charge in [0.15, 0.2) is 0 Å². The number of nitrogens with zero attached hydrogens (tertiary/aromatic N) is 3. The van der Waals surface area contributed by atoms with Gasteiger partial charge in [-0.15, -0.1) is 0 Å². The van der Waals surface area contributed by atoms with Crippen molar-refractivity contribution in [1.82, 2.24) is 15.2 Å². The molecule has 0 spiro atoms. The molecule has 2 N–H and O–H groups in total. The number of pyridine rings is 1. The first-order valence-corrected chi connectivity index (χ1v) is 12.8. The summed E-state index contributed by atoms with van der Waals surface area (Å²) in [7, 11) is 1.48. The Labute approximate surface area is 220 Å². The number of nitro groups is 1. The van der Waals surface area contributed by atoms with Gasteiger partial charge in [0.05, 0.1) is 16.1 Å². The first kappa shape index (κ1) is 25.1. The standard InChI is InChI=1S/C26H25BrFN5O4/c1-29-25(34)19-8-16(27)9-23(33(36)37)24(19)31-22-4-2-3-14-12-32(13-21(14)22)26(35)20-11-30-10-15-7-17(28)5-6-18(15)20/h5-11,14,21-22,31H,2-4,12-13H2,1H3,(H,29,34)/t14-,21+,22-/m1/s1. The fraction of sp³-hybridized carbons (Fsp3) is 0.346. The Hall–Kier alpha value is -3.60. The summed E-state index contributed by atoms with van der Waals surface area (Å²) in [5.74, 6) is -0.716. The number of hydrogen-bond donors (Lipinski definition) is 2. The average Bonchev–Trinajstić information content (AvgIpc) is 3.33. The van der Waals surface area contributed by atoms with E-state index in [0.717, 1.165) is 19.3 Å². The summed E-state index contributed by atoms with van der Waals surface area (Å²) >= 11 is 3.27. The van der Waals surface area contributed by atoms with Crippen LogP contribution < -0.4 is 10.6 Å². The van der Waals surface area contributed by atoms with Gasteiger partial charge < -0.3 is 15.5 Å². The molecule has 37 heavy (non-hydrogen) atoms. The van der Waals surface area contributed by atoms with Gasteiger partial charge in [-0.3, -0.25) is 24.7 Å². The van der Waals surface area contributed by atoms with Gasteiger partial charge in [-0.25, -0.2) is 4.39 Å². The quantitative estimate of drug-likeness (QED) is 0.338. The van der Waals surface area contributed by atoms with E-state index >= 15 is 0 Å². The summed E-state index contributed by atoms with van der Waals surface area (Å²) in [4.78, 5) is 43.4. The highest BCUT2D eigenvalue weighted by Crippen LogP contribution is 2.41. The van der Waals surface area contributed by atoms with Crippen LogP contribution in [-0.2, 0) is 0 Å². The normalized spacial score (nSPS) is 20.9. The van der Waals surface area contributed by atoms with Crippen molar-refractivity contribution >= 4 is 49.9 Å². The van der Waals surface area contributed by atoms with Crippen molar-refractivity contribution in [2.24, 2.45) is 11.8 Å². The van der Waals surface area contributed by atoms with Gasteiger partial charge >= 0.3 is 0 Å². The number of rotatable bonds is 5. The minimum atomic E-state index is -0.499. The molecule has 1 aliphatic heterocycles. The second-order valence-electron chi connectivity index (χ2n) is 9.55. The molecule has 11 heteroatoms. The monoisotopic (exact) mass is 569 g/mol. The lowest BCUT2D eigenvalue weighted by atomic mass is 9.78. The molecule has 1 aliphatic carbocycles. The predicted octanol–water partition coefficient (Wildman–Crippen LogP) is 4.76. The van der Waals surface area contributed by atoms with Crippen molar-refractivity contribution in [3.05, 3.63) is 74.3 Å². The van der Waals surface area contributed by atoms with Crippen molar-refractivity contribution in [1.29, 1.82) is 0 Å². The van der Waals surface area contributed by atoms with Crippen LogP contribution in [0.5, 0.6) is 0 Å². The Morgan fingerprint density at radius 1 is 1.16 bits per heavy atom. The van der Waals surface area contributed by atoms with E-state index in [2.05, 4.69) is 31.5 Å². The molecule has 5 rings (SSSR count). The number of carbonyl (C=O) groups excluding carboxylic acids is 2. The van der Waals surface area contributed by atoms with Crippen LogP contribution in [0.25, 0.3) is 10.8 Å². The molecule has 1 saturated carbocycles. The van der Waals surface area contributed by atoms with Crippen LogP contribution >= 0.6 is 15.9 Å². The molecule has 9 nitrogen and oxygen atoms in total. The number of carbonyl (C=O) groups is 2. The number of fused-ring (bicyclic) bond motifs is 2. The van der Waals surface area contributed by atoms with E-state index in [4.69, 9.17) is 0 Å². The zero-order valence-corrected chi connectivity index (χ0v) is 21.6. The number of nitro benzene ring substituents is 1. The van der Waals surface area contributed by atoms with Crippen LogP contribution in [0.4, 0.5) is 15.8 Å². The summed E-state index contributed by atoms with van der Waals surface area (Å²) < 4.78 is 14.1. The van der Waals surface area contributed by atoms with Crippen LogP contribution in [0.1, 0.15) is 40.0 Å². The molecule has 192 valence electrons. The second kappa shape index (κ2) is 10.0. The fourth-order valence-electron chi connectivity index (χ4n) is 5.69. The summed E-state index contributed by atoms with van der Waals surface area (Å²) in [6, 6.07) is 7.08. The van der Waals surface area contributed by atoms with E-state index in [-0.39, 0.29) is 40.7 Å². The summed E-state index contributed by atoms with van der Waals surface area (Å²) in [5, 5.41) is 19.0. The Morgan fingerprint density at radius 2 is 1.97 bits per heavy atom. The molecule has 2 amide bonds. The maximum atomic E-state index is 13.7. The number of aromatic nitrogens is 1. The number of likely N-dealkylation sites (tertiary alicyclic amines) is 1. The minimum Gasteiger partial charge on any atom is -0.376 e. The highest BCUT2D eigenvalue weighted by molar-refractivity contribution is 9.10. The Balaban J connectivity index is 1.43. The van der Waals surface area contributed by atoms with E-state index in [9.17, 15) is 24.1 Å². The van der Waals surface area contributed by atoms with Crippen LogP contribution in [-0.4, -0.2) is 52.8 Å². The van der Waals surface area contributed by atoms with E-state index in [1.807, 2.05) is 0 Å². The SMILES string of the molecule is CNC(=O)c1cc(Br)cc([N+](=O)[O-])c1N[C@@H]1CCC[C@@H]2CN(C(=O)c3cncc4cc(F)ccc34)C[C@@H]21. The Bertz CT molecular complexity index is 1420. The molecular weight excluding hydrogens is 545 g/mol. The highest BCUT2D eigenvalue weighted by atomic mass is 79.9. The first-order chi connectivity index (χ1) is 17.8.